The number of carbonyl (C=O) groups is 1. The predicted molar refractivity (Wildman–Crippen MR) is 87.4 cm³/mol. The lowest BCUT2D eigenvalue weighted by atomic mass is 10.0. The van der Waals surface area contributed by atoms with Crippen LogP contribution in [0, 0.1) is 11.8 Å². The Morgan fingerprint density at radius 3 is 2.48 bits per heavy atom. The molecule has 0 aromatic heterocycles. The van der Waals surface area contributed by atoms with Crippen molar-refractivity contribution in [2.45, 2.75) is 0 Å². The number of nitrogens with one attached hydrogen (secondary N) is 1. The maximum absolute atomic E-state index is 12.7. The number of halogens is 1. The Balaban J connectivity index is 1.61. The minimum atomic E-state index is 0.175. The van der Waals surface area contributed by atoms with Crippen molar-refractivity contribution in [3.05, 3.63) is 46.4 Å². The molecule has 21 heavy (non-hydrogen) atoms. The average molecular weight is 345 g/mol. The molecule has 2 aliphatic heterocycles. The van der Waals surface area contributed by atoms with Crippen LogP contribution in [0.15, 0.2) is 40.9 Å². The standard InChI is InChI=1S/C17H17BrN2O/c18-16-4-3-11-5-13(2-1-12(11)6-16)17(21)20-9-14-7-19-8-15(14)10-20/h1-6,14-15,19H,7-10H2. The van der Waals surface area contributed by atoms with E-state index in [9.17, 15) is 4.79 Å². The van der Waals surface area contributed by atoms with Gasteiger partial charge in [0.05, 0.1) is 0 Å². The normalized spacial score (nSPS) is 24.5. The number of rotatable bonds is 1. The summed E-state index contributed by atoms with van der Waals surface area (Å²) in [6.07, 6.45) is 0. The van der Waals surface area contributed by atoms with Gasteiger partial charge in [0.15, 0.2) is 0 Å². The fourth-order valence-electron chi connectivity index (χ4n) is 3.55. The maximum atomic E-state index is 12.7. The Morgan fingerprint density at radius 2 is 1.71 bits per heavy atom. The van der Waals surface area contributed by atoms with Gasteiger partial charge in [0.2, 0.25) is 0 Å². The molecule has 0 aliphatic carbocycles. The number of hydrogen-bond acceptors (Lipinski definition) is 2. The Kier molecular flexibility index (Phi) is 3.23. The van der Waals surface area contributed by atoms with E-state index >= 15 is 0 Å². The van der Waals surface area contributed by atoms with Crippen molar-refractivity contribution >= 4 is 32.6 Å². The van der Waals surface area contributed by atoms with Gasteiger partial charge in [-0.15, -0.1) is 0 Å². The molecular weight excluding hydrogens is 328 g/mol. The van der Waals surface area contributed by atoms with E-state index in [-0.39, 0.29) is 5.91 Å². The Bertz CT molecular complexity index is 703. The summed E-state index contributed by atoms with van der Waals surface area (Å²) in [6, 6.07) is 12.1. The molecule has 1 N–H and O–H groups in total. The van der Waals surface area contributed by atoms with Crippen molar-refractivity contribution in [3.63, 3.8) is 0 Å². The number of amides is 1. The molecule has 2 atom stereocenters. The maximum Gasteiger partial charge on any atom is 0.253 e. The summed E-state index contributed by atoms with van der Waals surface area (Å²) in [4.78, 5) is 14.7. The first-order chi connectivity index (χ1) is 10.2. The van der Waals surface area contributed by atoms with Crippen LogP contribution >= 0.6 is 15.9 Å². The molecule has 2 aromatic carbocycles. The van der Waals surface area contributed by atoms with Crippen LogP contribution in [-0.2, 0) is 0 Å². The van der Waals surface area contributed by atoms with Crippen LogP contribution in [0.3, 0.4) is 0 Å². The average Bonchev–Trinajstić information content (AvgIpc) is 3.07. The van der Waals surface area contributed by atoms with E-state index in [2.05, 4.69) is 33.4 Å². The molecule has 2 heterocycles. The molecule has 0 spiro atoms. The molecule has 0 bridgehead atoms. The van der Waals surface area contributed by atoms with E-state index in [1.165, 1.54) is 0 Å². The van der Waals surface area contributed by atoms with Crippen LogP contribution in [0.2, 0.25) is 0 Å². The van der Waals surface area contributed by atoms with Gasteiger partial charge < -0.3 is 10.2 Å². The molecule has 3 nitrogen and oxygen atoms in total. The van der Waals surface area contributed by atoms with Crippen LogP contribution in [0.5, 0.6) is 0 Å². The summed E-state index contributed by atoms with van der Waals surface area (Å²) < 4.78 is 1.06. The lowest BCUT2D eigenvalue weighted by Gasteiger charge is -2.17. The van der Waals surface area contributed by atoms with Crippen molar-refractivity contribution in [1.82, 2.24) is 10.2 Å². The second-order valence-electron chi connectivity index (χ2n) is 6.09. The van der Waals surface area contributed by atoms with E-state index < -0.39 is 0 Å². The molecule has 2 aliphatic rings. The van der Waals surface area contributed by atoms with Gasteiger partial charge in [-0.1, -0.05) is 28.1 Å². The van der Waals surface area contributed by atoms with E-state index in [4.69, 9.17) is 0 Å². The molecule has 2 fully saturated rings. The van der Waals surface area contributed by atoms with Gasteiger partial charge >= 0.3 is 0 Å². The quantitative estimate of drug-likeness (QED) is 0.862. The number of hydrogen-bond donors (Lipinski definition) is 1. The van der Waals surface area contributed by atoms with Crippen molar-refractivity contribution in [2.75, 3.05) is 26.2 Å². The summed E-state index contributed by atoms with van der Waals surface area (Å²) in [6.45, 7) is 3.91. The molecular formula is C17H17BrN2O. The fraction of sp³-hybridized carbons (Fsp3) is 0.353. The van der Waals surface area contributed by atoms with E-state index in [1.54, 1.807) is 0 Å². The molecule has 108 valence electrons. The molecule has 0 saturated carbocycles. The van der Waals surface area contributed by atoms with Gasteiger partial charge in [-0.3, -0.25) is 4.79 Å². The summed E-state index contributed by atoms with van der Waals surface area (Å²) >= 11 is 3.48. The number of likely N-dealkylation sites (tertiary alicyclic amines) is 1. The number of nitrogens with zero attached hydrogens (tertiary/aromatic N) is 1. The van der Waals surface area contributed by atoms with Gasteiger partial charge in [-0.2, -0.15) is 0 Å². The van der Waals surface area contributed by atoms with Crippen molar-refractivity contribution in [1.29, 1.82) is 0 Å². The molecule has 4 heteroatoms. The zero-order valence-electron chi connectivity index (χ0n) is 11.7. The third-order valence-electron chi connectivity index (χ3n) is 4.73. The minimum Gasteiger partial charge on any atom is -0.338 e. The Morgan fingerprint density at radius 1 is 1.05 bits per heavy atom. The van der Waals surface area contributed by atoms with Crippen molar-refractivity contribution in [3.8, 4) is 0 Å². The third-order valence-corrected chi connectivity index (χ3v) is 5.22. The lowest BCUT2D eigenvalue weighted by Crippen LogP contribution is -2.31. The monoisotopic (exact) mass is 344 g/mol. The predicted octanol–water partition coefficient (Wildman–Crippen LogP) is 2.89. The lowest BCUT2D eigenvalue weighted by molar-refractivity contribution is 0.0782. The number of benzene rings is 2. The van der Waals surface area contributed by atoms with Crippen LogP contribution in [-0.4, -0.2) is 37.0 Å². The zero-order valence-corrected chi connectivity index (χ0v) is 13.3. The van der Waals surface area contributed by atoms with Crippen LogP contribution in [0.1, 0.15) is 10.4 Å². The highest BCUT2D eigenvalue weighted by Crippen LogP contribution is 2.28. The zero-order chi connectivity index (χ0) is 14.4. The summed E-state index contributed by atoms with van der Waals surface area (Å²) in [5.74, 6) is 1.46. The fourth-order valence-corrected chi connectivity index (χ4v) is 3.93. The second-order valence-corrected chi connectivity index (χ2v) is 7.01. The van der Waals surface area contributed by atoms with Gasteiger partial charge in [-0.25, -0.2) is 0 Å². The van der Waals surface area contributed by atoms with Crippen molar-refractivity contribution < 1.29 is 4.79 Å². The van der Waals surface area contributed by atoms with Crippen LogP contribution in [0.4, 0.5) is 0 Å². The summed E-state index contributed by atoms with van der Waals surface area (Å²) in [5, 5.41) is 5.68. The summed E-state index contributed by atoms with van der Waals surface area (Å²) in [7, 11) is 0. The topological polar surface area (TPSA) is 32.3 Å². The molecule has 4 rings (SSSR count). The molecule has 2 aromatic rings. The highest BCUT2D eigenvalue weighted by Gasteiger charge is 2.38. The first-order valence-electron chi connectivity index (χ1n) is 7.40. The Hall–Kier alpha value is -1.39. The van der Waals surface area contributed by atoms with E-state index in [0.717, 1.165) is 47.0 Å². The first kappa shape index (κ1) is 13.3. The molecule has 1 amide bonds. The van der Waals surface area contributed by atoms with E-state index in [0.29, 0.717) is 11.8 Å². The molecule has 0 radical (unpaired) electrons. The SMILES string of the molecule is O=C(c1ccc2cc(Br)ccc2c1)N1CC2CNCC2C1. The smallest absolute Gasteiger partial charge is 0.253 e. The first-order valence-corrected chi connectivity index (χ1v) is 8.19. The number of fused-ring (bicyclic) bond motifs is 2. The van der Waals surface area contributed by atoms with Gasteiger partial charge in [0.25, 0.3) is 5.91 Å². The second kappa shape index (κ2) is 5.11. The van der Waals surface area contributed by atoms with Crippen molar-refractivity contribution in [2.24, 2.45) is 11.8 Å². The summed E-state index contributed by atoms with van der Waals surface area (Å²) in [5.41, 5.74) is 0.803. The van der Waals surface area contributed by atoms with E-state index in [1.807, 2.05) is 29.2 Å². The highest BCUT2D eigenvalue weighted by atomic mass is 79.9. The number of carbonyl (C=O) groups excluding carboxylic acids is 1. The van der Waals surface area contributed by atoms with Crippen LogP contribution in [0.25, 0.3) is 10.8 Å². The minimum absolute atomic E-state index is 0.175. The highest BCUT2D eigenvalue weighted by molar-refractivity contribution is 9.10. The Labute approximate surface area is 132 Å². The van der Waals surface area contributed by atoms with Gasteiger partial charge in [0.1, 0.15) is 0 Å². The molecule has 2 unspecified atom stereocenters. The largest absolute Gasteiger partial charge is 0.338 e. The molecule has 2 saturated heterocycles. The van der Waals surface area contributed by atoms with Crippen LogP contribution < -0.4 is 5.32 Å². The van der Waals surface area contributed by atoms with Gasteiger partial charge in [-0.05, 0) is 46.9 Å². The third kappa shape index (κ3) is 2.36. The van der Waals surface area contributed by atoms with Gasteiger partial charge in [0, 0.05) is 36.2 Å².